The summed E-state index contributed by atoms with van der Waals surface area (Å²) in [5, 5.41) is 17.1. The Morgan fingerprint density at radius 2 is 1.64 bits per heavy atom. The van der Waals surface area contributed by atoms with E-state index in [1.165, 1.54) is 0 Å². The highest BCUT2D eigenvalue weighted by molar-refractivity contribution is 5.87. The van der Waals surface area contributed by atoms with E-state index in [9.17, 15) is 9.59 Å². The molecule has 0 aliphatic rings. The van der Waals surface area contributed by atoms with E-state index in [-0.39, 0.29) is 12.4 Å². The molecule has 0 aliphatic carbocycles. The summed E-state index contributed by atoms with van der Waals surface area (Å²) in [5.74, 6) is -5.22. The normalized spacial score (nSPS) is 10.0. The van der Waals surface area contributed by atoms with Crippen molar-refractivity contribution in [2.24, 2.45) is 11.5 Å². The first-order valence-corrected chi connectivity index (χ1v) is 2.39. The quantitative estimate of drug-likeness (QED) is 0.360. The lowest BCUT2D eigenvalue weighted by atomic mass is 10.2. The van der Waals surface area contributed by atoms with Gasteiger partial charge in [0, 0.05) is 0 Å². The van der Waals surface area contributed by atoms with Crippen LogP contribution in [0.15, 0.2) is 0 Å². The van der Waals surface area contributed by atoms with Crippen LogP contribution in [0.3, 0.4) is 0 Å². The van der Waals surface area contributed by atoms with Gasteiger partial charge in [-0.25, -0.2) is 0 Å². The highest BCUT2D eigenvalue weighted by Crippen LogP contribution is 2.02. The molecule has 0 heterocycles. The van der Waals surface area contributed by atoms with Crippen molar-refractivity contribution < 1.29 is 19.8 Å². The molecule has 7 heteroatoms. The molecule has 0 spiro atoms. The summed E-state index contributed by atoms with van der Waals surface area (Å²) in [4.78, 5) is 20.1. The second-order valence-electron chi connectivity index (χ2n) is 1.82. The van der Waals surface area contributed by atoms with Gasteiger partial charge in [-0.3, -0.25) is 9.59 Å². The van der Waals surface area contributed by atoms with Gasteiger partial charge in [-0.15, -0.1) is 12.4 Å². The van der Waals surface area contributed by atoms with Gasteiger partial charge < -0.3 is 21.7 Å². The van der Waals surface area contributed by atoms with E-state index < -0.39 is 24.0 Å². The maximum Gasteiger partial charge on any atom is 0.277 e. The average Bonchev–Trinajstić information content (AvgIpc) is 1.60. The summed E-state index contributed by atoms with van der Waals surface area (Å²) in [6.45, 7) is 0. The van der Waals surface area contributed by atoms with E-state index in [0.29, 0.717) is 0 Å². The molecular formula is C4H9ClN2O4. The molecule has 2 amide bonds. The number of aliphatic hydroxyl groups is 2. The first-order valence-electron chi connectivity index (χ1n) is 2.39. The number of amides is 2. The molecule has 0 atom stereocenters. The van der Waals surface area contributed by atoms with E-state index >= 15 is 0 Å². The van der Waals surface area contributed by atoms with Gasteiger partial charge in [-0.05, 0) is 0 Å². The Morgan fingerprint density at radius 3 is 1.73 bits per heavy atom. The summed E-state index contributed by atoms with van der Waals surface area (Å²) in [6, 6.07) is 0. The fourth-order valence-electron chi connectivity index (χ4n) is 0.330. The number of carbonyl (C=O) groups excluding carboxylic acids is 2. The zero-order chi connectivity index (χ0) is 8.36. The summed E-state index contributed by atoms with van der Waals surface area (Å²) >= 11 is 0. The fraction of sp³-hybridized carbons (Fsp3) is 0.500. The largest absolute Gasteiger partial charge is 0.369 e. The topological polar surface area (TPSA) is 127 Å². The summed E-state index contributed by atoms with van der Waals surface area (Å²) in [5.41, 5.74) is 9.02. The Balaban J connectivity index is 0. The highest BCUT2D eigenvalue weighted by Gasteiger charge is 2.32. The molecule has 66 valence electrons. The zero-order valence-corrected chi connectivity index (χ0v) is 6.30. The standard InChI is InChI=1S/C4H8N2O4.ClH/c5-2(7)1-4(9,10)3(6)8;/h9-10H,1H2,(H2,5,7)(H2,6,8);1H. The first kappa shape index (κ1) is 12.8. The van der Waals surface area contributed by atoms with Crippen LogP contribution in [0, 0.1) is 0 Å². The molecule has 0 unspecified atom stereocenters. The van der Waals surface area contributed by atoms with Crippen LogP contribution in [0.5, 0.6) is 0 Å². The van der Waals surface area contributed by atoms with Gasteiger partial charge in [0.05, 0.1) is 6.42 Å². The number of nitrogens with two attached hydrogens (primary N) is 2. The molecule has 0 saturated heterocycles. The second-order valence-corrected chi connectivity index (χ2v) is 1.82. The van der Waals surface area contributed by atoms with Crippen molar-refractivity contribution in [3.05, 3.63) is 0 Å². The number of hydrogen-bond donors (Lipinski definition) is 4. The van der Waals surface area contributed by atoms with Gasteiger partial charge in [-0.1, -0.05) is 0 Å². The lowest BCUT2D eigenvalue weighted by molar-refractivity contribution is -0.185. The van der Waals surface area contributed by atoms with Crippen molar-refractivity contribution in [3.8, 4) is 0 Å². The molecule has 11 heavy (non-hydrogen) atoms. The molecule has 6 nitrogen and oxygen atoms in total. The zero-order valence-electron chi connectivity index (χ0n) is 5.48. The van der Waals surface area contributed by atoms with Gasteiger partial charge in [0.1, 0.15) is 0 Å². The minimum atomic E-state index is -2.81. The van der Waals surface area contributed by atoms with Crippen LogP contribution in [-0.2, 0) is 9.59 Å². The molecule has 0 saturated carbocycles. The predicted molar refractivity (Wildman–Crippen MR) is 37.4 cm³/mol. The van der Waals surface area contributed by atoms with Gasteiger partial charge in [0.25, 0.3) is 11.7 Å². The number of halogens is 1. The van der Waals surface area contributed by atoms with Gasteiger partial charge in [0.2, 0.25) is 5.91 Å². The average molecular weight is 185 g/mol. The minimum Gasteiger partial charge on any atom is -0.369 e. The van der Waals surface area contributed by atoms with E-state index in [4.69, 9.17) is 10.2 Å². The molecule has 0 aromatic carbocycles. The number of primary amides is 2. The molecule has 0 fully saturated rings. The Kier molecular flexibility index (Phi) is 4.79. The second kappa shape index (κ2) is 4.12. The number of carbonyl (C=O) groups is 2. The third kappa shape index (κ3) is 4.54. The minimum absolute atomic E-state index is 0. The third-order valence-corrected chi connectivity index (χ3v) is 0.815. The summed E-state index contributed by atoms with van der Waals surface area (Å²) < 4.78 is 0. The molecule has 0 radical (unpaired) electrons. The number of rotatable bonds is 3. The van der Waals surface area contributed by atoms with Crippen LogP contribution in [0.25, 0.3) is 0 Å². The third-order valence-electron chi connectivity index (χ3n) is 0.815. The molecular weight excluding hydrogens is 176 g/mol. The van der Waals surface area contributed by atoms with Gasteiger partial charge in [0.15, 0.2) is 0 Å². The summed E-state index contributed by atoms with van der Waals surface area (Å²) in [6.07, 6.45) is -0.887. The van der Waals surface area contributed by atoms with Crippen LogP contribution in [-0.4, -0.2) is 27.8 Å². The maximum atomic E-state index is 10.1. The van der Waals surface area contributed by atoms with E-state index in [2.05, 4.69) is 11.5 Å². The maximum absolute atomic E-state index is 10.1. The van der Waals surface area contributed by atoms with Crippen LogP contribution in [0.1, 0.15) is 6.42 Å². The molecule has 0 bridgehead atoms. The monoisotopic (exact) mass is 184 g/mol. The fourth-order valence-corrected chi connectivity index (χ4v) is 0.330. The lowest BCUT2D eigenvalue weighted by Gasteiger charge is -2.14. The molecule has 0 aromatic rings. The summed E-state index contributed by atoms with van der Waals surface area (Å²) in [7, 11) is 0. The van der Waals surface area contributed by atoms with Crippen molar-refractivity contribution in [2.45, 2.75) is 12.2 Å². The molecule has 0 rings (SSSR count). The molecule has 0 aliphatic heterocycles. The van der Waals surface area contributed by atoms with E-state index in [0.717, 1.165) is 0 Å². The molecule has 6 N–H and O–H groups in total. The van der Waals surface area contributed by atoms with Crippen molar-refractivity contribution >= 4 is 24.2 Å². The molecule has 0 aromatic heterocycles. The van der Waals surface area contributed by atoms with Crippen molar-refractivity contribution in [2.75, 3.05) is 0 Å². The highest BCUT2D eigenvalue weighted by atomic mass is 35.5. The van der Waals surface area contributed by atoms with Crippen molar-refractivity contribution in [1.82, 2.24) is 0 Å². The van der Waals surface area contributed by atoms with Crippen molar-refractivity contribution in [1.29, 1.82) is 0 Å². The van der Waals surface area contributed by atoms with Crippen molar-refractivity contribution in [3.63, 3.8) is 0 Å². The van der Waals surface area contributed by atoms with Gasteiger partial charge in [-0.2, -0.15) is 0 Å². The van der Waals surface area contributed by atoms with E-state index in [1.54, 1.807) is 0 Å². The SMILES string of the molecule is Cl.NC(=O)CC(O)(O)C(N)=O. The number of hydrogen-bond acceptors (Lipinski definition) is 4. The predicted octanol–water partition coefficient (Wildman–Crippen LogP) is -2.55. The Labute approximate surface area is 68.6 Å². The Bertz CT molecular complexity index is 169. The van der Waals surface area contributed by atoms with Gasteiger partial charge >= 0.3 is 0 Å². The lowest BCUT2D eigenvalue weighted by Crippen LogP contribution is -2.46. The Hall–Kier alpha value is -0.850. The van der Waals surface area contributed by atoms with Crippen LogP contribution in [0.4, 0.5) is 0 Å². The Morgan fingerprint density at radius 1 is 1.27 bits per heavy atom. The van der Waals surface area contributed by atoms with Crippen LogP contribution >= 0.6 is 12.4 Å². The van der Waals surface area contributed by atoms with E-state index in [1.807, 2.05) is 0 Å². The van der Waals surface area contributed by atoms with Crippen LogP contribution in [0.2, 0.25) is 0 Å². The van der Waals surface area contributed by atoms with Crippen LogP contribution < -0.4 is 11.5 Å². The first-order chi connectivity index (χ1) is 4.36. The smallest absolute Gasteiger partial charge is 0.277 e.